The molecule has 2 rings (SSSR count). The van der Waals surface area contributed by atoms with Gasteiger partial charge in [-0.25, -0.2) is 0 Å². The summed E-state index contributed by atoms with van der Waals surface area (Å²) in [6.45, 7) is 5.50. The molecule has 0 amide bonds. The standard InChI is InChI=1S/C12H17ClN2/c13-6-7-14-8-10-15(11-9-14)12-4-2-1-3-5-12/h1-5H,6-11H2. The molecular formula is C12H17ClN2. The summed E-state index contributed by atoms with van der Waals surface area (Å²) in [7, 11) is 0. The van der Waals surface area contributed by atoms with E-state index in [0.29, 0.717) is 0 Å². The normalized spacial score (nSPS) is 18.1. The first-order chi connectivity index (χ1) is 7.40. The maximum absolute atomic E-state index is 5.73. The van der Waals surface area contributed by atoms with Crippen molar-refractivity contribution >= 4 is 17.3 Å². The van der Waals surface area contributed by atoms with Crippen LogP contribution in [0.15, 0.2) is 30.3 Å². The summed E-state index contributed by atoms with van der Waals surface area (Å²) >= 11 is 5.73. The lowest BCUT2D eigenvalue weighted by atomic mass is 10.2. The molecule has 1 heterocycles. The Kier molecular flexibility index (Phi) is 3.87. The van der Waals surface area contributed by atoms with E-state index in [1.165, 1.54) is 5.69 Å². The second-order valence-corrected chi connectivity index (χ2v) is 4.23. The van der Waals surface area contributed by atoms with Crippen molar-refractivity contribution in [2.24, 2.45) is 0 Å². The van der Waals surface area contributed by atoms with Crippen LogP contribution in [0.25, 0.3) is 0 Å². The Bertz CT molecular complexity index is 281. The highest BCUT2D eigenvalue weighted by atomic mass is 35.5. The number of rotatable bonds is 3. The molecule has 0 spiro atoms. The van der Waals surface area contributed by atoms with Crippen LogP contribution in [0.2, 0.25) is 0 Å². The van der Waals surface area contributed by atoms with Crippen LogP contribution in [-0.2, 0) is 0 Å². The van der Waals surface area contributed by atoms with Crippen molar-refractivity contribution in [2.45, 2.75) is 0 Å². The Morgan fingerprint density at radius 2 is 1.67 bits per heavy atom. The smallest absolute Gasteiger partial charge is 0.0367 e. The van der Waals surface area contributed by atoms with E-state index >= 15 is 0 Å². The molecule has 82 valence electrons. The topological polar surface area (TPSA) is 6.48 Å². The largest absolute Gasteiger partial charge is 0.369 e. The first kappa shape index (κ1) is 10.8. The van der Waals surface area contributed by atoms with Gasteiger partial charge in [0.15, 0.2) is 0 Å². The zero-order valence-electron chi connectivity index (χ0n) is 8.90. The predicted molar refractivity (Wildman–Crippen MR) is 65.8 cm³/mol. The summed E-state index contributed by atoms with van der Waals surface area (Å²) < 4.78 is 0. The van der Waals surface area contributed by atoms with Crippen molar-refractivity contribution in [3.05, 3.63) is 30.3 Å². The summed E-state index contributed by atoms with van der Waals surface area (Å²) in [5.41, 5.74) is 1.34. The number of alkyl halides is 1. The van der Waals surface area contributed by atoms with Gasteiger partial charge in [-0.2, -0.15) is 0 Å². The average molecular weight is 225 g/mol. The molecule has 0 bridgehead atoms. The molecular weight excluding hydrogens is 208 g/mol. The molecule has 0 unspecified atom stereocenters. The van der Waals surface area contributed by atoms with Gasteiger partial charge in [0.2, 0.25) is 0 Å². The van der Waals surface area contributed by atoms with Crippen molar-refractivity contribution in [1.82, 2.24) is 4.90 Å². The molecule has 0 aromatic heterocycles. The number of hydrogen-bond donors (Lipinski definition) is 0. The van der Waals surface area contributed by atoms with Crippen LogP contribution in [-0.4, -0.2) is 43.5 Å². The molecule has 3 heteroatoms. The first-order valence-electron chi connectivity index (χ1n) is 5.48. The van der Waals surface area contributed by atoms with Gasteiger partial charge in [-0.3, -0.25) is 4.90 Å². The Labute approximate surface area is 96.4 Å². The van der Waals surface area contributed by atoms with E-state index in [-0.39, 0.29) is 0 Å². The summed E-state index contributed by atoms with van der Waals surface area (Å²) in [6, 6.07) is 10.6. The molecule has 0 saturated carbocycles. The molecule has 1 aromatic carbocycles. The van der Waals surface area contributed by atoms with Crippen molar-refractivity contribution in [3.63, 3.8) is 0 Å². The lowest BCUT2D eigenvalue weighted by molar-refractivity contribution is 0.272. The number of anilines is 1. The minimum absolute atomic E-state index is 0.741. The van der Waals surface area contributed by atoms with Crippen LogP contribution >= 0.6 is 11.6 Å². The summed E-state index contributed by atoms with van der Waals surface area (Å²) in [5, 5.41) is 0. The molecule has 1 aliphatic rings. The SMILES string of the molecule is ClCCN1CCN(c2ccccc2)CC1. The van der Waals surface area contributed by atoms with Gasteiger partial charge in [-0.05, 0) is 12.1 Å². The molecule has 0 radical (unpaired) electrons. The molecule has 1 aliphatic heterocycles. The lowest BCUT2D eigenvalue weighted by Crippen LogP contribution is -2.46. The highest BCUT2D eigenvalue weighted by Crippen LogP contribution is 2.15. The van der Waals surface area contributed by atoms with E-state index in [1.54, 1.807) is 0 Å². The molecule has 1 aromatic rings. The van der Waals surface area contributed by atoms with Crippen molar-refractivity contribution in [2.75, 3.05) is 43.5 Å². The van der Waals surface area contributed by atoms with Crippen LogP contribution in [0, 0.1) is 0 Å². The molecule has 2 nitrogen and oxygen atoms in total. The third-order valence-electron chi connectivity index (χ3n) is 2.89. The Morgan fingerprint density at radius 1 is 1.00 bits per heavy atom. The van der Waals surface area contributed by atoms with Gasteiger partial charge in [0.1, 0.15) is 0 Å². The third kappa shape index (κ3) is 2.86. The van der Waals surface area contributed by atoms with Gasteiger partial charge < -0.3 is 4.90 Å². The highest BCUT2D eigenvalue weighted by molar-refractivity contribution is 6.18. The molecule has 0 N–H and O–H groups in total. The fourth-order valence-electron chi connectivity index (χ4n) is 1.99. The summed E-state index contributed by atoms with van der Waals surface area (Å²) in [6.07, 6.45) is 0. The van der Waals surface area contributed by atoms with Gasteiger partial charge in [0.25, 0.3) is 0 Å². The number of hydrogen-bond acceptors (Lipinski definition) is 2. The zero-order valence-corrected chi connectivity index (χ0v) is 9.66. The number of halogens is 1. The monoisotopic (exact) mass is 224 g/mol. The predicted octanol–water partition coefficient (Wildman–Crippen LogP) is 2.05. The number of benzene rings is 1. The Hall–Kier alpha value is -0.730. The Morgan fingerprint density at radius 3 is 2.27 bits per heavy atom. The van der Waals surface area contributed by atoms with Crippen LogP contribution < -0.4 is 4.90 Å². The first-order valence-corrected chi connectivity index (χ1v) is 6.02. The summed E-state index contributed by atoms with van der Waals surface area (Å²) in [5.74, 6) is 0.741. The van der Waals surface area contributed by atoms with Gasteiger partial charge in [0, 0.05) is 44.3 Å². The van der Waals surface area contributed by atoms with E-state index < -0.39 is 0 Å². The molecule has 0 atom stereocenters. The van der Waals surface area contributed by atoms with Crippen LogP contribution in [0.1, 0.15) is 0 Å². The van der Waals surface area contributed by atoms with Crippen molar-refractivity contribution < 1.29 is 0 Å². The molecule has 1 saturated heterocycles. The van der Waals surface area contributed by atoms with Gasteiger partial charge >= 0.3 is 0 Å². The van der Waals surface area contributed by atoms with Crippen LogP contribution in [0.5, 0.6) is 0 Å². The number of para-hydroxylation sites is 1. The number of piperazine rings is 1. The average Bonchev–Trinajstić information content (AvgIpc) is 2.32. The number of nitrogens with zero attached hydrogens (tertiary/aromatic N) is 2. The minimum Gasteiger partial charge on any atom is -0.369 e. The fourth-order valence-corrected chi connectivity index (χ4v) is 2.23. The second-order valence-electron chi connectivity index (χ2n) is 3.85. The van der Waals surface area contributed by atoms with Crippen LogP contribution in [0.3, 0.4) is 0 Å². The van der Waals surface area contributed by atoms with Crippen LogP contribution in [0.4, 0.5) is 5.69 Å². The van der Waals surface area contributed by atoms with Gasteiger partial charge in [0.05, 0.1) is 0 Å². The third-order valence-corrected chi connectivity index (χ3v) is 3.06. The Balaban J connectivity index is 1.88. The van der Waals surface area contributed by atoms with E-state index in [2.05, 4.69) is 40.1 Å². The van der Waals surface area contributed by atoms with Crippen molar-refractivity contribution in [1.29, 1.82) is 0 Å². The van der Waals surface area contributed by atoms with E-state index in [4.69, 9.17) is 11.6 Å². The molecule has 0 aliphatic carbocycles. The van der Waals surface area contributed by atoms with Crippen molar-refractivity contribution in [3.8, 4) is 0 Å². The van der Waals surface area contributed by atoms with E-state index in [9.17, 15) is 0 Å². The fraction of sp³-hybridized carbons (Fsp3) is 0.500. The molecule has 15 heavy (non-hydrogen) atoms. The summed E-state index contributed by atoms with van der Waals surface area (Å²) in [4.78, 5) is 4.86. The van der Waals surface area contributed by atoms with E-state index in [0.717, 1.165) is 38.6 Å². The highest BCUT2D eigenvalue weighted by Gasteiger charge is 2.15. The maximum atomic E-state index is 5.73. The minimum atomic E-state index is 0.741. The second kappa shape index (κ2) is 5.38. The zero-order chi connectivity index (χ0) is 10.5. The quantitative estimate of drug-likeness (QED) is 0.726. The maximum Gasteiger partial charge on any atom is 0.0367 e. The van der Waals surface area contributed by atoms with E-state index in [1.807, 2.05) is 0 Å². The van der Waals surface area contributed by atoms with Gasteiger partial charge in [-0.15, -0.1) is 11.6 Å². The van der Waals surface area contributed by atoms with Gasteiger partial charge in [-0.1, -0.05) is 18.2 Å². The lowest BCUT2D eigenvalue weighted by Gasteiger charge is -2.35. The molecule has 1 fully saturated rings.